The topological polar surface area (TPSA) is 18.5 Å². The zero-order chi connectivity index (χ0) is 14.7. The second kappa shape index (κ2) is 7.23. The van der Waals surface area contributed by atoms with Gasteiger partial charge in [-0.15, -0.1) is 0 Å². The van der Waals surface area contributed by atoms with E-state index >= 15 is 0 Å². The molecule has 1 atom stereocenters. The van der Waals surface area contributed by atoms with Crippen LogP contribution in [0.25, 0.3) is 0 Å². The summed E-state index contributed by atoms with van der Waals surface area (Å²) in [6.45, 7) is 1.41. The van der Waals surface area contributed by atoms with Gasteiger partial charge < -0.3 is 9.47 Å². The van der Waals surface area contributed by atoms with Crippen LogP contribution in [0.1, 0.15) is 55.3 Å². The molecule has 4 heteroatoms. The summed E-state index contributed by atoms with van der Waals surface area (Å²) in [5.41, 5.74) is 1.15. The van der Waals surface area contributed by atoms with Gasteiger partial charge in [0.2, 0.25) is 0 Å². The van der Waals surface area contributed by atoms with Crippen LogP contribution in [-0.2, 0) is 0 Å². The largest absolute Gasteiger partial charge is 0.490 e. The molecular formula is C17H22BrClO2. The maximum Gasteiger partial charge on any atom is 0.162 e. The van der Waals surface area contributed by atoms with Crippen LogP contribution in [-0.4, -0.2) is 13.2 Å². The number of ether oxygens (including phenoxy) is 2. The molecule has 1 saturated carbocycles. The Morgan fingerprint density at radius 2 is 1.57 bits per heavy atom. The zero-order valence-electron chi connectivity index (χ0n) is 12.2. The lowest BCUT2D eigenvalue weighted by molar-refractivity contribution is 0.297. The predicted octanol–water partition coefficient (Wildman–Crippen LogP) is 5.91. The second-order valence-corrected chi connectivity index (χ2v) is 7.42. The fourth-order valence-corrected chi connectivity index (χ4v) is 4.58. The lowest BCUT2D eigenvalue weighted by Crippen LogP contribution is -2.08. The van der Waals surface area contributed by atoms with Crippen LogP contribution in [0.15, 0.2) is 12.1 Å². The Bertz CT molecular complexity index is 484. The first-order chi connectivity index (χ1) is 10.3. The third kappa shape index (κ3) is 3.68. The Labute approximate surface area is 140 Å². The number of alkyl halides is 1. The minimum absolute atomic E-state index is 0.306. The zero-order valence-corrected chi connectivity index (χ0v) is 14.6. The average Bonchev–Trinajstić information content (AvgIpc) is 2.88. The van der Waals surface area contributed by atoms with Gasteiger partial charge in [0.25, 0.3) is 0 Å². The van der Waals surface area contributed by atoms with Crippen molar-refractivity contribution in [2.75, 3.05) is 13.2 Å². The number of fused-ring (bicyclic) bond motifs is 1. The molecule has 1 aromatic rings. The van der Waals surface area contributed by atoms with Crippen molar-refractivity contribution in [1.29, 1.82) is 0 Å². The monoisotopic (exact) mass is 372 g/mol. The summed E-state index contributed by atoms with van der Waals surface area (Å²) in [6, 6.07) is 4.00. The van der Waals surface area contributed by atoms with Gasteiger partial charge >= 0.3 is 0 Å². The molecule has 2 aliphatic rings. The van der Waals surface area contributed by atoms with E-state index < -0.39 is 0 Å². The van der Waals surface area contributed by atoms with Crippen molar-refractivity contribution in [2.24, 2.45) is 5.92 Å². The number of hydrogen-bond donors (Lipinski definition) is 0. The Balaban J connectivity index is 1.84. The highest BCUT2D eigenvalue weighted by atomic mass is 79.9. The van der Waals surface area contributed by atoms with Gasteiger partial charge in [0, 0.05) is 22.3 Å². The van der Waals surface area contributed by atoms with Crippen molar-refractivity contribution in [3.63, 3.8) is 0 Å². The molecule has 0 bridgehead atoms. The summed E-state index contributed by atoms with van der Waals surface area (Å²) in [4.78, 5) is 0.306. The lowest BCUT2D eigenvalue weighted by atomic mass is 9.92. The number of halogens is 2. The summed E-state index contributed by atoms with van der Waals surface area (Å²) < 4.78 is 11.5. The highest BCUT2D eigenvalue weighted by molar-refractivity contribution is 9.09. The molecule has 0 spiro atoms. The lowest BCUT2D eigenvalue weighted by Gasteiger charge is -2.23. The molecule has 1 aromatic carbocycles. The minimum atomic E-state index is 0.306. The van der Waals surface area contributed by atoms with Gasteiger partial charge in [0.1, 0.15) is 0 Å². The number of rotatable bonds is 2. The van der Waals surface area contributed by atoms with E-state index in [4.69, 9.17) is 21.1 Å². The van der Waals surface area contributed by atoms with Crippen LogP contribution in [0.3, 0.4) is 0 Å². The molecule has 2 nitrogen and oxygen atoms in total. The van der Waals surface area contributed by atoms with Crippen LogP contribution >= 0.6 is 27.5 Å². The molecule has 0 amide bonds. The van der Waals surface area contributed by atoms with E-state index in [0.29, 0.717) is 24.0 Å². The van der Waals surface area contributed by atoms with Crippen LogP contribution < -0.4 is 9.47 Å². The standard InChI is InChI=1S/C17H22BrClO2/c18-17(12-6-3-1-2-4-7-12)13-10-15-16(11-14(13)19)21-9-5-8-20-15/h10-12,17H,1-9H2. The minimum Gasteiger partial charge on any atom is -0.490 e. The van der Waals surface area contributed by atoms with Crippen LogP contribution in [0.5, 0.6) is 11.5 Å². The van der Waals surface area contributed by atoms with Crippen molar-refractivity contribution >= 4 is 27.5 Å². The summed E-state index contributed by atoms with van der Waals surface area (Å²) in [7, 11) is 0. The molecule has 0 aromatic heterocycles. The molecule has 0 N–H and O–H groups in total. The molecule has 1 aliphatic heterocycles. The van der Waals surface area contributed by atoms with Crippen LogP contribution in [0.2, 0.25) is 5.02 Å². The maximum atomic E-state index is 6.50. The second-order valence-electron chi connectivity index (χ2n) is 6.02. The van der Waals surface area contributed by atoms with E-state index in [1.165, 1.54) is 38.5 Å². The molecular weight excluding hydrogens is 352 g/mol. The molecule has 0 radical (unpaired) electrons. The van der Waals surface area contributed by atoms with Gasteiger partial charge in [0.15, 0.2) is 11.5 Å². The van der Waals surface area contributed by atoms with E-state index in [1.807, 2.05) is 6.07 Å². The quantitative estimate of drug-likeness (QED) is 0.474. The first-order valence-electron chi connectivity index (χ1n) is 7.99. The summed E-state index contributed by atoms with van der Waals surface area (Å²) in [5, 5.41) is 0.783. The molecule has 116 valence electrons. The Morgan fingerprint density at radius 3 is 2.24 bits per heavy atom. The van der Waals surface area contributed by atoms with Crippen LogP contribution in [0, 0.1) is 5.92 Å². The first-order valence-corrected chi connectivity index (χ1v) is 9.28. The molecule has 0 saturated heterocycles. The highest BCUT2D eigenvalue weighted by Gasteiger charge is 2.25. The van der Waals surface area contributed by atoms with Gasteiger partial charge in [-0.2, -0.15) is 0 Å². The molecule has 1 aliphatic carbocycles. The highest BCUT2D eigenvalue weighted by Crippen LogP contribution is 2.45. The molecule has 21 heavy (non-hydrogen) atoms. The smallest absolute Gasteiger partial charge is 0.162 e. The molecule has 1 unspecified atom stereocenters. The van der Waals surface area contributed by atoms with Gasteiger partial charge in [0.05, 0.1) is 13.2 Å². The molecule has 1 fully saturated rings. The van der Waals surface area contributed by atoms with E-state index in [-0.39, 0.29) is 0 Å². The van der Waals surface area contributed by atoms with Crippen molar-refractivity contribution in [1.82, 2.24) is 0 Å². The van der Waals surface area contributed by atoms with Crippen molar-refractivity contribution < 1.29 is 9.47 Å². The predicted molar refractivity (Wildman–Crippen MR) is 89.9 cm³/mol. The van der Waals surface area contributed by atoms with Gasteiger partial charge in [-0.25, -0.2) is 0 Å². The fourth-order valence-electron chi connectivity index (χ4n) is 3.27. The number of hydrogen-bond acceptors (Lipinski definition) is 2. The third-order valence-corrected chi connectivity index (χ3v) is 6.05. The maximum absolute atomic E-state index is 6.50. The summed E-state index contributed by atoms with van der Waals surface area (Å²) >= 11 is 10.4. The fraction of sp³-hybridized carbons (Fsp3) is 0.647. The van der Waals surface area contributed by atoms with Crippen molar-refractivity contribution in [3.8, 4) is 11.5 Å². The normalized spacial score (nSPS) is 21.4. The Morgan fingerprint density at radius 1 is 0.952 bits per heavy atom. The molecule has 1 heterocycles. The Kier molecular flexibility index (Phi) is 5.33. The van der Waals surface area contributed by atoms with E-state index in [2.05, 4.69) is 22.0 Å². The molecule has 3 rings (SSSR count). The van der Waals surface area contributed by atoms with Gasteiger partial charge in [-0.05, 0) is 30.4 Å². The van der Waals surface area contributed by atoms with E-state index in [1.54, 1.807) is 0 Å². The van der Waals surface area contributed by atoms with Gasteiger partial charge in [-0.1, -0.05) is 53.2 Å². The van der Waals surface area contributed by atoms with Crippen molar-refractivity contribution in [2.45, 2.75) is 49.8 Å². The Hall–Kier alpha value is -0.410. The van der Waals surface area contributed by atoms with Crippen LogP contribution in [0.4, 0.5) is 0 Å². The first kappa shape index (κ1) is 15.5. The third-order valence-electron chi connectivity index (χ3n) is 4.48. The number of benzene rings is 1. The van der Waals surface area contributed by atoms with E-state index in [0.717, 1.165) is 28.5 Å². The average molecular weight is 374 g/mol. The van der Waals surface area contributed by atoms with E-state index in [9.17, 15) is 0 Å². The summed E-state index contributed by atoms with van der Waals surface area (Å²) in [6.07, 6.45) is 8.86. The SMILES string of the molecule is Clc1cc2c(cc1C(Br)C1CCCCCC1)OCCCO2. The van der Waals surface area contributed by atoms with Gasteiger partial charge in [-0.3, -0.25) is 0 Å². The van der Waals surface area contributed by atoms with Crippen molar-refractivity contribution in [3.05, 3.63) is 22.7 Å². The summed E-state index contributed by atoms with van der Waals surface area (Å²) in [5.74, 6) is 2.28.